The van der Waals surface area contributed by atoms with Gasteiger partial charge in [-0.25, -0.2) is 0 Å². The monoisotopic (exact) mass is 203 g/mol. The highest BCUT2D eigenvalue weighted by atomic mass is 16.2. The van der Waals surface area contributed by atoms with Crippen LogP contribution in [-0.2, 0) is 9.59 Å². The summed E-state index contributed by atoms with van der Waals surface area (Å²) in [6.07, 6.45) is 1.66. The van der Waals surface area contributed by atoms with E-state index in [4.69, 9.17) is 0 Å². The molecule has 0 saturated carbocycles. The highest BCUT2D eigenvalue weighted by molar-refractivity contribution is 6.00. The maximum Gasteiger partial charge on any atom is 0.221 e. The molecular formula is C12H13NO2. The summed E-state index contributed by atoms with van der Waals surface area (Å²) in [6, 6.07) is 9.37. The summed E-state index contributed by atoms with van der Waals surface area (Å²) < 4.78 is 0. The fourth-order valence-corrected chi connectivity index (χ4v) is 1.13. The van der Waals surface area contributed by atoms with Crippen molar-refractivity contribution in [2.24, 2.45) is 0 Å². The maximum absolute atomic E-state index is 11.2. The molecule has 3 nitrogen and oxygen atoms in total. The lowest BCUT2D eigenvalue weighted by Crippen LogP contribution is -2.23. The van der Waals surface area contributed by atoms with Crippen LogP contribution in [0.3, 0.4) is 0 Å². The first-order chi connectivity index (χ1) is 7.09. The lowest BCUT2D eigenvalue weighted by atomic mass is 10.1. The average molecular weight is 203 g/mol. The Bertz CT molecular complexity index is 393. The lowest BCUT2D eigenvalue weighted by Gasteiger charge is -2.03. The van der Waals surface area contributed by atoms with Gasteiger partial charge in [0.15, 0.2) is 5.78 Å². The third-order valence-corrected chi connectivity index (χ3v) is 1.80. The Morgan fingerprint density at radius 3 is 2.20 bits per heavy atom. The number of hydrogen-bond donors (Lipinski definition) is 1. The molecule has 0 spiro atoms. The predicted molar refractivity (Wildman–Crippen MR) is 58.9 cm³/mol. The van der Waals surface area contributed by atoms with Crippen molar-refractivity contribution in [3.8, 4) is 0 Å². The van der Waals surface area contributed by atoms with Crippen LogP contribution in [0.5, 0.6) is 0 Å². The molecule has 1 aromatic carbocycles. The normalized spacial score (nSPS) is 10.9. The second-order valence-electron chi connectivity index (χ2n) is 3.21. The van der Waals surface area contributed by atoms with Crippen LogP contribution in [0, 0.1) is 0 Å². The fourth-order valence-electron chi connectivity index (χ4n) is 1.13. The minimum Gasteiger partial charge on any atom is -0.323 e. The molecule has 0 aliphatic rings. The third kappa shape index (κ3) is 3.77. The number of carbonyl (C=O) groups excluding carboxylic acids is 2. The quantitative estimate of drug-likeness (QED) is 0.761. The van der Waals surface area contributed by atoms with Crippen LogP contribution in [0.15, 0.2) is 36.0 Å². The van der Waals surface area contributed by atoms with Crippen molar-refractivity contribution in [3.63, 3.8) is 0 Å². The molecule has 78 valence electrons. The number of hydrogen-bond acceptors (Lipinski definition) is 2. The highest BCUT2D eigenvalue weighted by Gasteiger charge is 2.04. The van der Waals surface area contributed by atoms with Crippen molar-refractivity contribution in [3.05, 3.63) is 41.6 Å². The first-order valence-electron chi connectivity index (χ1n) is 4.65. The van der Waals surface area contributed by atoms with Gasteiger partial charge in [-0.15, -0.1) is 0 Å². The Morgan fingerprint density at radius 1 is 1.13 bits per heavy atom. The van der Waals surface area contributed by atoms with E-state index >= 15 is 0 Å². The van der Waals surface area contributed by atoms with Crippen LogP contribution in [0.2, 0.25) is 0 Å². The summed E-state index contributed by atoms with van der Waals surface area (Å²) >= 11 is 0. The molecule has 3 heteroatoms. The van der Waals surface area contributed by atoms with E-state index in [1.54, 1.807) is 6.08 Å². The van der Waals surface area contributed by atoms with Gasteiger partial charge in [0, 0.05) is 13.8 Å². The van der Waals surface area contributed by atoms with Crippen molar-refractivity contribution in [2.45, 2.75) is 13.8 Å². The van der Waals surface area contributed by atoms with Crippen LogP contribution in [-0.4, -0.2) is 11.7 Å². The van der Waals surface area contributed by atoms with Crippen molar-refractivity contribution in [1.82, 2.24) is 5.32 Å². The molecule has 0 fully saturated rings. The molecule has 0 unspecified atom stereocenters. The topological polar surface area (TPSA) is 46.2 Å². The number of allylic oxidation sites excluding steroid dienone is 1. The smallest absolute Gasteiger partial charge is 0.221 e. The third-order valence-electron chi connectivity index (χ3n) is 1.80. The van der Waals surface area contributed by atoms with Gasteiger partial charge in [0.25, 0.3) is 0 Å². The van der Waals surface area contributed by atoms with Gasteiger partial charge in [0.2, 0.25) is 5.91 Å². The van der Waals surface area contributed by atoms with Gasteiger partial charge in [-0.1, -0.05) is 30.3 Å². The molecule has 0 heterocycles. The Hall–Kier alpha value is -1.90. The second kappa shape index (κ2) is 5.10. The van der Waals surface area contributed by atoms with E-state index in [2.05, 4.69) is 5.32 Å². The molecule has 1 amide bonds. The molecule has 1 rings (SSSR count). The van der Waals surface area contributed by atoms with Crippen molar-refractivity contribution in [2.75, 3.05) is 0 Å². The molecule has 15 heavy (non-hydrogen) atoms. The van der Waals surface area contributed by atoms with Crippen LogP contribution in [0.25, 0.3) is 6.08 Å². The molecule has 0 atom stereocenters. The fraction of sp³-hybridized carbons (Fsp3) is 0.167. The molecule has 0 bridgehead atoms. The summed E-state index contributed by atoms with van der Waals surface area (Å²) in [5.41, 5.74) is 1.20. The number of amides is 1. The Labute approximate surface area is 88.8 Å². The zero-order chi connectivity index (χ0) is 11.3. The molecule has 0 aliphatic carbocycles. The van der Waals surface area contributed by atoms with Gasteiger partial charge in [-0.2, -0.15) is 0 Å². The van der Waals surface area contributed by atoms with Crippen LogP contribution in [0.1, 0.15) is 19.4 Å². The summed E-state index contributed by atoms with van der Waals surface area (Å²) in [4.78, 5) is 22.0. The van der Waals surface area contributed by atoms with Gasteiger partial charge in [0.05, 0.1) is 5.70 Å². The number of Topliss-reactive ketones (excluding diaryl/α,β-unsaturated/α-hetero) is 1. The minimum absolute atomic E-state index is 0.158. The van der Waals surface area contributed by atoms with Gasteiger partial charge in [-0.3, -0.25) is 9.59 Å². The van der Waals surface area contributed by atoms with E-state index in [-0.39, 0.29) is 11.7 Å². The zero-order valence-electron chi connectivity index (χ0n) is 8.78. The van der Waals surface area contributed by atoms with Gasteiger partial charge >= 0.3 is 0 Å². The standard InChI is InChI=1S/C12H13NO2/c1-9(14)12(13-10(2)15)8-11-6-4-3-5-7-11/h3-8H,1-2H3,(H,13,15)/b12-8-. The molecular weight excluding hydrogens is 190 g/mol. The van der Waals surface area contributed by atoms with E-state index in [1.807, 2.05) is 30.3 Å². The van der Waals surface area contributed by atoms with Crippen LogP contribution in [0.4, 0.5) is 0 Å². The van der Waals surface area contributed by atoms with E-state index in [0.717, 1.165) is 5.56 Å². The highest BCUT2D eigenvalue weighted by Crippen LogP contribution is 2.05. The SMILES string of the molecule is CC(=O)N/C(=C\c1ccccc1)C(C)=O. The van der Waals surface area contributed by atoms with Gasteiger partial charge in [0.1, 0.15) is 0 Å². The van der Waals surface area contributed by atoms with Crippen molar-refractivity contribution < 1.29 is 9.59 Å². The van der Waals surface area contributed by atoms with E-state index in [0.29, 0.717) is 5.70 Å². The molecule has 0 aliphatic heterocycles. The number of benzene rings is 1. The molecule has 0 aromatic heterocycles. The molecule has 0 saturated heterocycles. The number of rotatable bonds is 3. The average Bonchev–Trinajstić information content (AvgIpc) is 2.17. The molecule has 1 aromatic rings. The van der Waals surface area contributed by atoms with E-state index in [1.165, 1.54) is 13.8 Å². The Balaban J connectivity index is 2.94. The van der Waals surface area contributed by atoms with E-state index in [9.17, 15) is 9.59 Å². The van der Waals surface area contributed by atoms with Crippen LogP contribution >= 0.6 is 0 Å². The summed E-state index contributed by atoms with van der Waals surface area (Å²) in [6.45, 7) is 2.80. The minimum atomic E-state index is -0.243. The second-order valence-corrected chi connectivity index (χ2v) is 3.21. The number of nitrogens with one attached hydrogen (secondary N) is 1. The van der Waals surface area contributed by atoms with E-state index < -0.39 is 0 Å². The summed E-state index contributed by atoms with van der Waals surface area (Å²) in [5, 5.41) is 2.50. The largest absolute Gasteiger partial charge is 0.323 e. The first kappa shape index (κ1) is 11.2. The molecule has 0 radical (unpaired) electrons. The predicted octanol–water partition coefficient (Wildman–Crippen LogP) is 1.75. The van der Waals surface area contributed by atoms with Crippen LogP contribution < -0.4 is 5.32 Å². The maximum atomic E-state index is 11.2. The Kier molecular flexibility index (Phi) is 3.80. The van der Waals surface area contributed by atoms with Gasteiger partial charge < -0.3 is 5.32 Å². The molecule has 1 N–H and O–H groups in total. The first-order valence-corrected chi connectivity index (χ1v) is 4.65. The van der Waals surface area contributed by atoms with Crippen molar-refractivity contribution >= 4 is 17.8 Å². The zero-order valence-corrected chi connectivity index (χ0v) is 8.78. The summed E-state index contributed by atoms with van der Waals surface area (Å²) in [7, 11) is 0. The summed E-state index contributed by atoms with van der Waals surface area (Å²) in [5.74, 6) is -0.401. The number of carbonyl (C=O) groups is 2. The van der Waals surface area contributed by atoms with Crippen molar-refractivity contribution in [1.29, 1.82) is 0 Å². The van der Waals surface area contributed by atoms with Gasteiger partial charge in [-0.05, 0) is 11.6 Å². The lowest BCUT2D eigenvalue weighted by molar-refractivity contribution is -0.120. The Morgan fingerprint density at radius 2 is 1.73 bits per heavy atom. The number of ketones is 1.